The Morgan fingerprint density at radius 1 is 1.53 bits per heavy atom. The van der Waals surface area contributed by atoms with E-state index in [-0.39, 0.29) is 24.5 Å². The summed E-state index contributed by atoms with van der Waals surface area (Å²) in [6, 6.07) is 3.17. The molecule has 0 aliphatic heterocycles. The number of carboxylic acid groups (broad SMARTS) is 1. The fourth-order valence-corrected chi connectivity index (χ4v) is 1.58. The van der Waals surface area contributed by atoms with E-state index in [0.29, 0.717) is 11.2 Å². The average molecular weight is 235 g/mol. The second-order valence-corrected chi connectivity index (χ2v) is 3.47. The summed E-state index contributed by atoms with van der Waals surface area (Å²) in [6.07, 6.45) is 1.16. The van der Waals surface area contributed by atoms with E-state index in [1.165, 1.54) is 10.6 Å². The number of carboxylic acids is 1. The Labute approximate surface area is 95.3 Å². The highest BCUT2D eigenvalue weighted by atomic mass is 16.4. The summed E-state index contributed by atoms with van der Waals surface area (Å²) >= 11 is 0. The van der Waals surface area contributed by atoms with Crippen LogP contribution in [0.5, 0.6) is 0 Å². The molecule has 7 heteroatoms. The number of aliphatic hydroxyl groups is 1. The smallest absolute Gasteiger partial charge is 0.309 e. The number of hydrogen-bond donors (Lipinski definition) is 2. The molecular weight excluding hydrogens is 226 g/mol. The molecule has 0 bridgehead atoms. The summed E-state index contributed by atoms with van der Waals surface area (Å²) in [5, 5.41) is 20.4. The number of carbonyl (C=O) groups is 1. The molecule has 2 rings (SSSR count). The molecule has 0 amide bonds. The van der Waals surface area contributed by atoms with Crippen molar-refractivity contribution in [1.29, 1.82) is 0 Å². The number of nitrogens with zero attached hydrogens (tertiary/aromatic N) is 3. The number of aliphatic carboxylic acids is 1. The Morgan fingerprint density at radius 2 is 2.29 bits per heavy atom. The number of rotatable bonds is 4. The van der Waals surface area contributed by atoms with Gasteiger partial charge in [-0.15, -0.1) is 4.91 Å². The molecule has 0 fully saturated rings. The first kappa shape index (κ1) is 11.2. The molecule has 2 N–H and O–H groups in total. The van der Waals surface area contributed by atoms with Crippen molar-refractivity contribution in [1.82, 2.24) is 9.38 Å². The van der Waals surface area contributed by atoms with Gasteiger partial charge in [-0.1, -0.05) is 0 Å². The largest absolute Gasteiger partial charge is 0.481 e. The zero-order valence-corrected chi connectivity index (χ0v) is 8.70. The third-order valence-corrected chi connectivity index (χ3v) is 2.32. The molecule has 0 radical (unpaired) electrons. The van der Waals surface area contributed by atoms with Crippen molar-refractivity contribution in [2.75, 3.05) is 0 Å². The highest BCUT2D eigenvalue weighted by Crippen LogP contribution is 2.22. The normalized spacial score (nSPS) is 10.6. The summed E-state index contributed by atoms with van der Waals surface area (Å²) in [6.45, 7) is -0.151. The fourth-order valence-electron chi connectivity index (χ4n) is 1.58. The average Bonchev–Trinajstić information content (AvgIpc) is 2.63. The van der Waals surface area contributed by atoms with Crippen LogP contribution < -0.4 is 0 Å². The van der Waals surface area contributed by atoms with Crippen LogP contribution in [0.2, 0.25) is 0 Å². The van der Waals surface area contributed by atoms with Gasteiger partial charge in [0.2, 0.25) is 5.82 Å². The van der Waals surface area contributed by atoms with Gasteiger partial charge in [0, 0.05) is 6.20 Å². The second kappa shape index (κ2) is 4.30. The Bertz CT molecular complexity index is 590. The molecule has 0 aromatic carbocycles. The maximum Gasteiger partial charge on any atom is 0.309 e. The number of imidazole rings is 1. The summed E-state index contributed by atoms with van der Waals surface area (Å²) < 4.78 is 1.39. The first-order valence-corrected chi connectivity index (χ1v) is 4.81. The van der Waals surface area contributed by atoms with E-state index in [4.69, 9.17) is 10.2 Å². The van der Waals surface area contributed by atoms with Crippen LogP contribution in [0.25, 0.3) is 5.65 Å². The van der Waals surface area contributed by atoms with Gasteiger partial charge in [0.1, 0.15) is 11.3 Å². The van der Waals surface area contributed by atoms with Crippen LogP contribution in [0, 0.1) is 4.91 Å². The highest BCUT2D eigenvalue weighted by Gasteiger charge is 2.15. The number of nitroso groups, excluding NO2 is 1. The lowest BCUT2D eigenvalue weighted by atomic mass is 10.3. The third kappa shape index (κ3) is 2.00. The number of hydrogen-bond acceptors (Lipinski definition) is 5. The van der Waals surface area contributed by atoms with Crippen LogP contribution >= 0.6 is 0 Å². The van der Waals surface area contributed by atoms with E-state index < -0.39 is 5.97 Å². The minimum absolute atomic E-state index is 0.0214. The van der Waals surface area contributed by atoms with Crippen LogP contribution in [0.1, 0.15) is 11.3 Å². The van der Waals surface area contributed by atoms with Gasteiger partial charge in [-0.05, 0) is 22.9 Å². The molecule has 0 aliphatic rings. The minimum atomic E-state index is -1.08. The maximum atomic E-state index is 10.7. The van der Waals surface area contributed by atoms with Crippen LogP contribution in [0.4, 0.5) is 5.82 Å². The van der Waals surface area contributed by atoms with Gasteiger partial charge in [-0.25, -0.2) is 4.98 Å². The van der Waals surface area contributed by atoms with Gasteiger partial charge in [-0.2, -0.15) is 0 Å². The number of aromatic nitrogens is 2. The molecule has 2 aromatic rings. The van der Waals surface area contributed by atoms with Crippen molar-refractivity contribution >= 4 is 17.4 Å². The van der Waals surface area contributed by atoms with Crippen molar-refractivity contribution in [2.45, 2.75) is 13.0 Å². The molecule has 0 atom stereocenters. The Balaban J connectivity index is 2.61. The van der Waals surface area contributed by atoms with E-state index in [1.54, 1.807) is 12.1 Å². The first-order chi connectivity index (χ1) is 8.15. The zero-order valence-electron chi connectivity index (χ0n) is 8.70. The molecule has 17 heavy (non-hydrogen) atoms. The third-order valence-electron chi connectivity index (χ3n) is 2.32. The monoisotopic (exact) mass is 235 g/mol. The van der Waals surface area contributed by atoms with Gasteiger partial charge in [0.05, 0.1) is 13.0 Å². The summed E-state index contributed by atoms with van der Waals surface area (Å²) in [4.78, 5) is 25.3. The van der Waals surface area contributed by atoms with E-state index in [0.717, 1.165) is 0 Å². The van der Waals surface area contributed by atoms with E-state index >= 15 is 0 Å². The van der Waals surface area contributed by atoms with Crippen molar-refractivity contribution in [3.8, 4) is 0 Å². The van der Waals surface area contributed by atoms with Crippen molar-refractivity contribution < 1.29 is 15.0 Å². The SMILES string of the molecule is O=Nc1c(CC(=O)O)nc2cc(CO)ccn12. The molecule has 2 aromatic heterocycles. The van der Waals surface area contributed by atoms with Crippen molar-refractivity contribution in [3.63, 3.8) is 0 Å². The Kier molecular flexibility index (Phi) is 2.84. The van der Waals surface area contributed by atoms with Crippen molar-refractivity contribution in [3.05, 3.63) is 34.5 Å². The van der Waals surface area contributed by atoms with Gasteiger partial charge in [0.15, 0.2) is 0 Å². The predicted molar refractivity (Wildman–Crippen MR) is 57.9 cm³/mol. The second-order valence-electron chi connectivity index (χ2n) is 3.47. The van der Waals surface area contributed by atoms with Gasteiger partial charge < -0.3 is 10.2 Å². The van der Waals surface area contributed by atoms with Gasteiger partial charge in [0.25, 0.3) is 0 Å². The topological polar surface area (TPSA) is 104 Å². The Hall–Kier alpha value is -2.28. The molecular formula is C10H9N3O4. The zero-order chi connectivity index (χ0) is 12.4. The number of pyridine rings is 1. The van der Waals surface area contributed by atoms with E-state index in [2.05, 4.69) is 10.2 Å². The molecule has 2 heterocycles. The first-order valence-electron chi connectivity index (χ1n) is 4.81. The minimum Gasteiger partial charge on any atom is -0.481 e. The van der Waals surface area contributed by atoms with E-state index in [1.807, 2.05) is 0 Å². The summed E-state index contributed by atoms with van der Waals surface area (Å²) in [5.41, 5.74) is 1.13. The number of aliphatic hydroxyl groups excluding tert-OH is 1. The van der Waals surface area contributed by atoms with Crippen LogP contribution in [0.3, 0.4) is 0 Å². The number of fused-ring (bicyclic) bond motifs is 1. The molecule has 7 nitrogen and oxygen atoms in total. The van der Waals surface area contributed by atoms with E-state index in [9.17, 15) is 9.70 Å². The lowest BCUT2D eigenvalue weighted by molar-refractivity contribution is -0.136. The molecule has 0 unspecified atom stereocenters. The van der Waals surface area contributed by atoms with Crippen molar-refractivity contribution in [2.24, 2.45) is 5.18 Å². The molecule has 88 valence electrons. The lowest BCUT2D eigenvalue weighted by Gasteiger charge is -1.97. The quantitative estimate of drug-likeness (QED) is 0.764. The predicted octanol–water partition coefficient (Wildman–Crippen LogP) is 0.852. The maximum absolute atomic E-state index is 10.7. The standard InChI is InChI=1S/C10H9N3O4/c14-5-6-1-2-13-8(3-6)11-7(4-9(15)16)10(13)12-17/h1-3,14H,4-5H2,(H,15,16). The summed E-state index contributed by atoms with van der Waals surface area (Å²) in [7, 11) is 0. The highest BCUT2D eigenvalue weighted by molar-refractivity contribution is 5.72. The Morgan fingerprint density at radius 3 is 2.88 bits per heavy atom. The lowest BCUT2D eigenvalue weighted by Crippen LogP contribution is -2.00. The van der Waals surface area contributed by atoms with Crippen LogP contribution in [-0.2, 0) is 17.8 Å². The molecule has 0 saturated carbocycles. The van der Waals surface area contributed by atoms with Crippen LogP contribution in [0.15, 0.2) is 23.5 Å². The molecule has 0 saturated heterocycles. The van der Waals surface area contributed by atoms with Gasteiger partial charge in [-0.3, -0.25) is 9.20 Å². The molecule has 0 aliphatic carbocycles. The van der Waals surface area contributed by atoms with Crippen LogP contribution in [-0.4, -0.2) is 25.6 Å². The van der Waals surface area contributed by atoms with Gasteiger partial charge >= 0.3 is 5.97 Å². The fraction of sp³-hybridized carbons (Fsp3) is 0.200. The molecule has 0 spiro atoms. The summed E-state index contributed by atoms with van der Waals surface area (Å²) in [5.74, 6) is -1.10.